The molecule has 0 saturated carbocycles. The van der Waals surface area contributed by atoms with Crippen molar-refractivity contribution in [2.24, 2.45) is 0 Å². The van der Waals surface area contributed by atoms with Crippen molar-refractivity contribution in [2.45, 2.75) is 31.6 Å². The first-order chi connectivity index (χ1) is 23.6. The maximum absolute atomic E-state index is 4.50. The lowest BCUT2D eigenvalue weighted by Crippen LogP contribution is -2.37. The Kier molecular flexibility index (Phi) is 5.74. The first-order valence-corrected chi connectivity index (χ1v) is 16.9. The zero-order valence-electron chi connectivity index (χ0n) is 27.1. The van der Waals surface area contributed by atoms with Gasteiger partial charge in [0.05, 0.1) is 35.2 Å². The predicted molar refractivity (Wildman–Crippen MR) is 197 cm³/mol. The summed E-state index contributed by atoms with van der Waals surface area (Å²) in [6.07, 6.45) is 11.1. The average Bonchev–Trinajstić information content (AvgIpc) is 3.66. The molecule has 232 valence electrons. The van der Waals surface area contributed by atoms with Crippen LogP contribution in [0.2, 0.25) is 0 Å². The van der Waals surface area contributed by atoms with Crippen LogP contribution in [0.25, 0.3) is 44.4 Å². The van der Waals surface area contributed by atoms with Crippen molar-refractivity contribution in [3.8, 4) is 22.6 Å². The van der Waals surface area contributed by atoms with Crippen molar-refractivity contribution < 1.29 is 0 Å². The zero-order chi connectivity index (χ0) is 32.0. The van der Waals surface area contributed by atoms with Crippen LogP contribution in [0, 0.1) is 0 Å². The standard InChI is InChI=1S/C43H35N5/c1-43(2)35-24-29(46(30-14-10-22-44-26-30)31-15-11-23-45-27-31)20-21-39(35)48-38-19-9-7-17-33(38)40-41-34(25-36(43)42(40)48)32-16-6-8-18-37(32)47(41)28-12-4-3-5-13-28/h3-24,26,36,45H,25,27H2,1-2H3. The number of anilines is 2. The molecular weight excluding hydrogens is 587 g/mol. The second-order valence-electron chi connectivity index (χ2n) is 13.8. The van der Waals surface area contributed by atoms with Crippen molar-refractivity contribution in [1.82, 2.24) is 19.4 Å². The van der Waals surface area contributed by atoms with Gasteiger partial charge in [-0.1, -0.05) is 68.4 Å². The molecule has 0 fully saturated rings. The molecule has 5 heteroatoms. The summed E-state index contributed by atoms with van der Waals surface area (Å²) in [4.78, 5) is 6.85. The number of nitrogens with zero attached hydrogens (tertiary/aromatic N) is 4. The monoisotopic (exact) mass is 621 g/mol. The maximum atomic E-state index is 4.50. The Bertz CT molecular complexity index is 2460. The smallest absolute Gasteiger partial charge is 0.0642 e. The van der Waals surface area contributed by atoms with Gasteiger partial charge in [-0.25, -0.2) is 0 Å². The van der Waals surface area contributed by atoms with Gasteiger partial charge in [0.15, 0.2) is 0 Å². The Labute approximate surface area is 280 Å². The van der Waals surface area contributed by atoms with Crippen molar-refractivity contribution in [3.63, 3.8) is 0 Å². The van der Waals surface area contributed by atoms with Crippen molar-refractivity contribution >= 4 is 33.2 Å². The summed E-state index contributed by atoms with van der Waals surface area (Å²) in [5.41, 5.74) is 15.2. The number of allylic oxidation sites excluding steroid dienone is 2. The molecule has 5 nitrogen and oxygen atoms in total. The van der Waals surface area contributed by atoms with Crippen LogP contribution in [0.5, 0.6) is 0 Å². The Hall–Kier alpha value is -5.81. The molecule has 3 aliphatic rings. The summed E-state index contributed by atoms with van der Waals surface area (Å²) >= 11 is 0. The molecule has 0 spiro atoms. The van der Waals surface area contributed by atoms with Gasteiger partial charge in [-0.15, -0.1) is 0 Å². The number of hydrogen-bond acceptors (Lipinski definition) is 3. The highest BCUT2D eigenvalue weighted by atomic mass is 15.2. The van der Waals surface area contributed by atoms with E-state index >= 15 is 0 Å². The van der Waals surface area contributed by atoms with Crippen LogP contribution < -0.4 is 10.2 Å². The van der Waals surface area contributed by atoms with Gasteiger partial charge in [-0.3, -0.25) is 4.98 Å². The summed E-state index contributed by atoms with van der Waals surface area (Å²) in [6, 6.07) is 40.2. The highest BCUT2D eigenvalue weighted by Gasteiger charge is 2.47. The van der Waals surface area contributed by atoms with E-state index in [2.05, 4.69) is 153 Å². The van der Waals surface area contributed by atoms with Crippen LogP contribution in [-0.2, 0) is 11.8 Å². The van der Waals surface area contributed by atoms with Crippen LogP contribution in [-0.4, -0.2) is 20.7 Å². The normalized spacial score (nSPS) is 17.0. The third kappa shape index (κ3) is 3.70. The number of fused-ring (bicyclic) bond motifs is 9. The Balaban J connectivity index is 1.26. The van der Waals surface area contributed by atoms with Crippen LogP contribution >= 0.6 is 0 Å². The second kappa shape index (κ2) is 10.1. The third-order valence-electron chi connectivity index (χ3n) is 10.9. The molecule has 2 aliphatic heterocycles. The molecule has 48 heavy (non-hydrogen) atoms. The first kappa shape index (κ1) is 27.3. The summed E-state index contributed by atoms with van der Waals surface area (Å²) in [7, 11) is 0. The fourth-order valence-corrected chi connectivity index (χ4v) is 8.75. The molecule has 1 aliphatic carbocycles. The number of para-hydroxylation sites is 3. The topological polar surface area (TPSA) is 38.0 Å². The fourth-order valence-electron chi connectivity index (χ4n) is 8.75. The summed E-state index contributed by atoms with van der Waals surface area (Å²) in [5, 5.41) is 6.08. The van der Waals surface area contributed by atoms with Crippen LogP contribution in [0.4, 0.5) is 11.4 Å². The van der Waals surface area contributed by atoms with Gasteiger partial charge in [0.1, 0.15) is 0 Å². The van der Waals surface area contributed by atoms with Gasteiger partial charge in [0.2, 0.25) is 0 Å². The molecule has 1 unspecified atom stereocenters. The van der Waals surface area contributed by atoms with E-state index in [1.807, 2.05) is 24.7 Å². The number of nitrogens with one attached hydrogen (secondary N) is 1. The highest BCUT2D eigenvalue weighted by molar-refractivity contribution is 6.06. The first-order valence-electron chi connectivity index (χ1n) is 16.9. The Morgan fingerprint density at radius 3 is 2.33 bits per heavy atom. The van der Waals surface area contributed by atoms with Crippen molar-refractivity contribution in [2.75, 3.05) is 11.4 Å². The molecule has 4 aromatic carbocycles. The number of pyridine rings is 1. The number of benzene rings is 4. The Morgan fingerprint density at radius 1 is 0.792 bits per heavy atom. The van der Waals surface area contributed by atoms with Gasteiger partial charge in [0.25, 0.3) is 0 Å². The van der Waals surface area contributed by atoms with Gasteiger partial charge < -0.3 is 19.4 Å². The van der Waals surface area contributed by atoms with E-state index in [0.29, 0.717) is 0 Å². The zero-order valence-corrected chi connectivity index (χ0v) is 27.1. The largest absolute Gasteiger partial charge is 0.385 e. The predicted octanol–water partition coefficient (Wildman–Crippen LogP) is 9.71. The lowest BCUT2D eigenvalue weighted by Gasteiger charge is -2.44. The highest BCUT2D eigenvalue weighted by Crippen LogP contribution is 2.59. The molecule has 0 saturated heterocycles. The molecule has 1 N–H and O–H groups in total. The SMILES string of the molecule is CC1(C)c2cc(N(C3=CC=CNC3)c3cccnc3)ccc2-n2c3c(c4ccccc42)-c2c(c4ccccc4n2-c2ccccc2)CC31. The van der Waals surface area contributed by atoms with Crippen molar-refractivity contribution in [3.05, 3.63) is 162 Å². The third-order valence-corrected chi connectivity index (χ3v) is 10.9. The minimum absolute atomic E-state index is 0.141. The van der Waals surface area contributed by atoms with Gasteiger partial charge in [-0.05, 0) is 90.5 Å². The van der Waals surface area contributed by atoms with E-state index in [0.717, 1.165) is 24.3 Å². The molecule has 3 aromatic heterocycles. The van der Waals surface area contributed by atoms with E-state index in [4.69, 9.17) is 0 Å². The molecular formula is C43H35N5. The summed E-state index contributed by atoms with van der Waals surface area (Å²) in [5.74, 6) is 0.288. The van der Waals surface area contributed by atoms with Gasteiger partial charge in [-0.2, -0.15) is 0 Å². The molecule has 5 heterocycles. The average molecular weight is 622 g/mol. The minimum Gasteiger partial charge on any atom is -0.385 e. The van der Waals surface area contributed by atoms with Crippen molar-refractivity contribution in [1.29, 1.82) is 0 Å². The van der Waals surface area contributed by atoms with E-state index in [1.54, 1.807) is 0 Å². The van der Waals surface area contributed by atoms with Gasteiger partial charge >= 0.3 is 0 Å². The lowest BCUT2D eigenvalue weighted by molar-refractivity contribution is 0.381. The minimum atomic E-state index is -0.141. The quantitative estimate of drug-likeness (QED) is 0.213. The van der Waals surface area contributed by atoms with Gasteiger partial charge in [0, 0.05) is 62.3 Å². The van der Waals surface area contributed by atoms with E-state index in [-0.39, 0.29) is 11.3 Å². The van der Waals surface area contributed by atoms with Crippen LogP contribution in [0.15, 0.2) is 146 Å². The molecule has 0 amide bonds. The van der Waals surface area contributed by atoms with Crippen LogP contribution in [0.3, 0.4) is 0 Å². The maximum Gasteiger partial charge on any atom is 0.0642 e. The van der Waals surface area contributed by atoms with Crippen LogP contribution in [0.1, 0.15) is 36.6 Å². The molecule has 7 aromatic rings. The Morgan fingerprint density at radius 2 is 1.56 bits per heavy atom. The van der Waals surface area contributed by atoms with E-state index in [1.165, 1.54) is 67.0 Å². The molecule has 10 rings (SSSR count). The molecule has 1 atom stereocenters. The summed E-state index contributed by atoms with van der Waals surface area (Å²) in [6.45, 7) is 5.68. The summed E-state index contributed by atoms with van der Waals surface area (Å²) < 4.78 is 5.11. The van der Waals surface area contributed by atoms with E-state index < -0.39 is 0 Å². The number of aromatic nitrogens is 3. The fraction of sp³-hybridized carbons (Fsp3) is 0.140. The molecule has 0 radical (unpaired) electrons. The van der Waals surface area contributed by atoms with E-state index in [9.17, 15) is 0 Å². The number of rotatable bonds is 4. The number of dihydropyridines is 1. The number of hydrogen-bond donors (Lipinski definition) is 1. The molecule has 0 bridgehead atoms. The lowest BCUT2D eigenvalue weighted by atomic mass is 9.64. The second-order valence-corrected chi connectivity index (χ2v) is 13.8.